The van der Waals surface area contributed by atoms with Gasteiger partial charge in [0, 0.05) is 10.4 Å². The van der Waals surface area contributed by atoms with Crippen molar-refractivity contribution in [3.63, 3.8) is 0 Å². The van der Waals surface area contributed by atoms with E-state index in [1.165, 1.54) is 15.0 Å². The van der Waals surface area contributed by atoms with E-state index in [0.717, 1.165) is 20.9 Å². The van der Waals surface area contributed by atoms with Crippen molar-refractivity contribution in [1.29, 1.82) is 0 Å². The van der Waals surface area contributed by atoms with E-state index in [0.29, 0.717) is 0 Å². The molecule has 4 rings (SSSR count). The molecule has 92 valence electrons. The Morgan fingerprint density at radius 1 is 0.895 bits per heavy atom. The van der Waals surface area contributed by atoms with Gasteiger partial charge in [-0.15, -0.1) is 22.7 Å². The van der Waals surface area contributed by atoms with Crippen molar-refractivity contribution in [2.45, 2.75) is 0 Å². The maximum absolute atomic E-state index is 5.81. The standard InChI is InChI=1S/C15H10N2S2/c16-10-5-6-11-13(8-10)19-15(17-11)14-7-9-3-1-2-4-12(9)18-14/h1-8H,16H2. The number of hydrogen-bond donors (Lipinski definition) is 1. The Morgan fingerprint density at radius 3 is 2.68 bits per heavy atom. The minimum Gasteiger partial charge on any atom is -0.399 e. The summed E-state index contributed by atoms with van der Waals surface area (Å²) in [5, 5.41) is 2.35. The molecule has 0 unspecified atom stereocenters. The second-order valence-corrected chi connectivity index (χ2v) is 6.51. The fraction of sp³-hybridized carbons (Fsp3) is 0. The lowest BCUT2D eigenvalue weighted by molar-refractivity contribution is 1.50. The van der Waals surface area contributed by atoms with Gasteiger partial charge in [0.2, 0.25) is 0 Å². The van der Waals surface area contributed by atoms with Crippen LogP contribution in [-0.2, 0) is 0 Å². The molecule has 2 aromatic heterocycles. The summed E-state index contributed by atoms with van der Waals surface area (Å²) in [6.07, 6.45) is 0. The molecule has 2 heterocycles. The van der Waals surface area contributed by atoms with Crippen LogP contribution in [0.2, 0.25) is 0 Å². The second kappa shape index (κ2) is 4.05. The maximum atomic E-state index is 5.81. The molecule has 0 spiro atoms. The minimum atomic E-state index is 0.791. The molecule has 0 bridgehead atoms. The molecule has 0 amide bonds. The summed E-state index contributed by atoms with van der Waals surface area (Å²) in [4.78, 5) is 5.92. The molecule has 2 N–H and O–H groups in total. The van der Waals surface area contributed by atoms with Gasteiger partial charge in [-0.3, -0.25) is 0 Å². The summed E-state index contributed by atoms with van der Waals surface area (Å²) < 4.78 is 2.45. The van der Waals surface area contributed by atoms with E-state index in [-0.39, 0.29) is 0 Å². The van der Waals surface area contributed by atoms with Crippen molar-refractivity contribution in [2.24, 2.45) is 0 Å². The number of nitrogen functional groups attached to an aromatic ring is 1. The van der Waals surface area contributed by atoms with Gasteiger partial charge in [-0.1, -0.05) is 18.2 Å². The Kier molecular flexibility index (Phi) is 2.33. The molecule has 2 aromatic carbocycles. The third-order valence-corrected chi connectivity index (χ3v) is 5.35. The van der Waals surface area contributed by atoms with E-state index in [4.69, 9.17) is 10.7 Å². The quantitative estimate of drug-likeness (QED) is 0.511. The van der Waals surface area contributed by atoms with Gasteiger partial charge in [0.15, 0.2) is 0 Å². The molecule has 4 heteroatoms. The van der Waals surface area contributed by atoms with Gasteiger partial charge in [-0.2, -0.15) is 0 Å². The fourth-order valence-corrected chi connectivity index (χ4v) is 4.26. The van der Waals surface area contributed by atoms with Crippen LogP contribution in [0.15, 0.2) is 48.5 Å². The number of nitrogens with zero attached hydrogens (tertiary/aromatic N) is 1. The molecule has 0 saturated heterocycles. The first-order valence-electron chi connectivity index (χ1n) is 5.95. The number of nitrogens with two attached hydrogens (primary N) is 1. The van der Waals surface area contributed by atoms with Gasteiger partial charge in [-0.05, 0) is 35.7 Å². The number of anilines is 1. The largest absolute Gasteiger partial charge is 0.399 e. The number of fused-ring (bicyclic) bond motifs is 2. The summed E-state index contributed by atoms with van der Waals surface area (Å²) in [6.45, 7) is 0. The van der Waals surface area contributed by atoms with Crippen LogP contribution in [0.25, 0.3) is 30.2 Å². The lowest BCUT2D eigenvalue weighted by atomic mass is 10.2. The van der Waals surface area contributed by atoms with Gasteiger partial charge in [0.05, 0.1) is 15.1 Å². The molecule has 0 aliphatic rings. The van der Waals surface area contributed by atoms with Crippen LogP contribution in [0, 0.1) is 0 Å². The zero-order valence-electron chi connectivity index (χ0n) is 9.96. The summed E-state index contributed by atoms with van der Waals surface area (Å²) in [5.41, 5.74) is 7.63. The Labute approximate surface area is 118 Å². The number of thiophene rings is 1. The first kappa shape index (κ1) is 11.0. The number of thiazole rings is 1. The number of hydrogen-bond acceptors (Lipinski definition) is 4. The highest BCUT2D eigenvalue weighted by Crippen LogP contribution is 2.37. The van der Waals surface area contributed by atoms with E-state index >= 15 is 0 Å². The molecule has 0 fully saturated rings. The number of rotatable bonds is 1. The fourth-order valence-electron chi connectivity index (χ4n) is 2.13. The molecular weight excluding hydrogens is 272 g/mol. The minimum absolute atomic E-state index is 0.791. The normalized spacial score (nSPS) is 11.4. The average molecular weight is 282 g/mol. The van der Waals surface area contributed by atoms with Crippen LogP contribution < -0.4 is 5.73 Å². The van der Waals surface area contributed by atoms with E-state index in [1.807, 2.05) is 18.2 Å². The average Bonchev–Trinajstić information content (AvgIpc) is 3.00. The topological polar surface area (TPSA) is 38.9 Å². The smallest absolute Gasteiger partial charge is 0.134 e. The molecule has 19 heavy (non-hydrogen) atoms. The van der Waals surface area contributed by atoms with E-state index in [9.17, 15) is 0 Å². The van der Waals surface area contributed by atoms with Crippen molar-refractivity contribution in [2.75, 3.05) is 5.73 Å². The molecule has 0 radical (unpaired) electrons. The Balaban J connectivity index is 1.93. The highest BCUT2D eigenvalue weighted by Gasteiger charge is 2.09. The van der Waals surface area contributed by atoms with Crippen LogP contribution in [0.1, 0.15) is 0 Å². The zero-order chi connectivity index (χ0) is 12.8. The zero-order valence-corrected chi connectivity index (χ0v) is 11.6. The molecular formula is C15H10N2S2. The summed E-state index contributed by atoms with van der Waals surface area (Å²) >= 11 is 3.49. The Bertz CT molecular complexity index is 856. The first-order chi connectivity index (χ1) is 9.29. The van der Waals surface area contributed by atoms with Gasteiger partial charge >= 0.3 is 0 Å². The van der Waals surface area contributed by atoms with Crippen LogP contribution in [0.5, 0.6) is 0 Å². The highest BCUT2D eigenvalue weighted by molar-refractivity contribution is 7.28. The van der Waals surface area contributed by atoms with Crippen molar-refractivity contribution in [3.8, 4) is 9.88 Å². The van der Waals surface area contributed by atoms with Crippen molar-refractivity contribution < 1.29 is 0 Å². The molecule has 0 aliphatic heterocycles. The maximum Gasteiger partial charge on any atom is 0.134 e. The van der Waals surface area contributed by atoms with Gasteiger partial charge < -0.3 is 5.73 Å². The lowest BCUT2D eigenvalue weighted by Gasteiger charge is -1.89. The van der Waals surface area contributed by atoms with Crippen molar-refractivity contribution in [3.05, 3.63) is 48.5 Å². The summed E-state index contributed by atoms with van der Waals surface area (Å²) in [7, 11) is 0. The van der Waals surface area contributed by atoms with Gasteiger partial charge in [0.25, 0.3) is 0 Å². The van der Waals surface area contributed by atoms with Gasteiger partial charge in [-0.25, -0.2) is 4.98 Å². The predicted octanol–water partition coefficient (Wildman–Crippen LogP) is 4.76. The predicted molar refractivity (Wildman–Crippen MR) is 84.9 cm³/mol. The molecule has 0 aliphatic carbocycles. The van der Waals surface area contributed by atoms with Crippen LogP contribution in [0.3, 0.4) is 0 Å². The summed E-state index contributed by atoms with van der Waals surface area (Å²) in [6, 6.07) is 16.5. The SMILES string of the molecule is Nc1ccc2nc(-c3cc4ccccc4s3)sc2c1. The summed E-state index contributed by atoms with van der Waals surface area (Å²) in [5.74, 6) is 0. The Hall–Kier alpha value is -1.91. The molecule has 0 atom stereocenters. The van der Waals surface area contributed by atoms with Crippen LogP contribution in [-0.4, -0.2) is 4.98 Å². The van der Waals surface area contributed by atoms with Crippen molar-refractivity contribution in [1.82, 2.24) is 4.98 Å². The van der Waals surface area contributed by atoms with Crippen molar-refractivity contribution >= 4 is 48.7 Å². The number of aromatic nitrogens is 1. The molecule has 0 saturated carbocycles. The molecule has 2 nitrogen and oxygen atoms in total. The number of benzene rings is 2. The third-order valence-electron chi connectivity index (χ3n) is 3.05. The van der Waals surface area contributed by atoms with E-state index in [1.54, 1.807) is 22.7 Å². The van der Waals surface area contributed by atoms with E-state index in [2.05, 4.69) is 30.3 Å². The first-order valence-corrected chi connectivity index (χ1v) is 7.58. The third kappa shape index (κ3) is 1.80. The Morgan fingerprint density at radius 2 is 1.79 bits per heavy atom. The van der Waals surface area contributed by atoms with E-state index < -0.39 is 0 Å². The highest BCUT2D eigenvalue weighted by atomic mass is 32.1. The van der Waals surface area contributed by atoms with Gasteiger partial charge in [0.1, 0.15) is 5.01 Å². The van der Waals surface area contributed by atoms with Crippen LogP contribution in [0.4, 0.5) is 5.69 Å². The molecule has 4 aromatic rings. The lowest BCUT2D eigenvalue weighted by Crippen LogP contribution is -1.81. The second-order valence-electron chi connectivity index (χ2n) is 4.39. The van der Waals surface area contributed by atoms with Crippen LogP contribution >= 0.6 is 22.7 Å². The monoisotopic (exact) mass is 282 g/mol.